The monoisotopic (exact) mass is 368 g/mol. The molecule has 0 aliphatic carbocycles. The van der Waals surface area contributed by atoms with E-state index in [1.54, 1.807) is 36.4 Å². The van der Waals surface area contributed by atoms with E-state index in [4.69, 9.17) is 13.4 Å². The van der Waals surface area contributed by atoms with Gasteiger partial charge in [0.15, 0.2) is 17.2 Å². The fourth-order valence-electron chi connectivity index (χ4n) is 2.30. The number of nitrogens with one attached hydrogen (secondary N) is 1. The molecule has 8 heteroatoms. The number of carbonyl (C=O) groups is 2. The van der Waals surface area contributed by atoms with Gasteiger partial charge in [0, 0.05) is 10.9 Å². The second kappa shape index (κ2) is 6.85. The van der Waals surface area contributed by atoms with Crippen molar-refractivity contribution in [3.63, 3.8) is 0 Å². The molecule has 0 saturated heterocycles. The molecule has 0 atom stereocenters. The highest BCUT2D eigenvalue weighted by molar-refractivity contribution is 7.14. The van der Waals surface area contributed by atoms with E-state index in [9.17, 15) is 9.59 Å². The molecule has 0 fully saturated rings. The zero-order chi connectivity index (χ0) is 17.9. The van der Waals surface area contributed by atoms with Gasteiger partial charge in [0.05, 0.1) is 23.9 Å². The number of aromatic nitrogens is 1. The van der Waals surface area contributed by atoms with Crippen molar-refractivity contribution >= 4 is 23.0 Å². The van der Waals surface area contributed by atoms with Crippen LogP contribution in [0.3, 0.4) is 0 Å². The lowest BCUT2D eigenvalue weighted by Gasteiger charge is -1.99. The van der Waals surface area contributed by atoms with Crippen molar-refractivity contribution < 1.29 is 22.9 Å². The maximum absolute atomic E-state index is 12.2. The molecular formula is C18H12N2O5S. The van der Waals surface area contributed by atoms with E-state index in [1.165, 1.54) is 29.9 Å². The molecule has 26 heavy (non-hydrogen) atoms. The molecule has 130 valence electrons. The van der Waals surface area contributed by atoms with E-state index in [0.717, 1.165) is 4.88 Å². The third-order valence-corrected chi connectivity index (χ3v) is 4.64. The molecule has 4 heterocycles. The van der Waals surface area contributed by atoms with E-state index < -0.39 is 0 Å². The molecule has 4 aromatic rings. The van der Waals surface area contributed by atoms with Crippen LogP contribution in [0, 0.1) is 0 Å². The van der Waals surface area contributed by atoms with Gasteiger partial charge < -0.3 is 18.7 Å². The number of carbonyl (C=O) groups excluding carboxylic acids is 2. The predicted molar refractivity (Wildman–Crippen MR) is 91.8 cm³/mol. The summed E-state index contributed by atoms with van der Waals surface area (Å²) >= 11 is 1.30. The average molecular weight is 368 g/mol. The molecule has 0 radical (unpaired) electrons. The lowest BCUT2D eigenvalue weighted by atomic mass is 10.2. The fraction of sp³-hybridized carbons (Fsp3) is 0.0556. The predicted octanol–water partition coefficient (Wildman–Crippen LogP) is 3.75. The summed E-state index contributed by atoms with van der Waals surface area (Å²) in [4.78, 5) is 25.8. The number of ketones is 1. The van der Waals surface area contributed by atoms with Crippen LogP contribution in [-0.4, -0.2) is 16.8 Å². The summed E-state index contributed by atoms with van der Waals surface area (Å²) in [6.45, 7) is 0.276. The summed E-state index contributed by atoms with van der Waals surface area (Å²) in [5.74, 6) is 0.602. The van der Waals surface area contributed by atoms with Crippen LogP contribution in [0.1, 0.15) is 30.8 Å². The molecule has 0 saturated carbocycles. The first-order valence-corrected chi connectivity index (χ1v) is 8.48. The Hall–Kier alpha value is -3.39. The minimum absolute atomic E-state index is 0.153. The SMILES string of the molecule is O=C(NCc1ccc(C(=O)c2ccco2)s1)c1cc(-c2ccco2)on1. The molecule has 1 N–H and O–H groups in total. The summed E-state index contributed by atoms with van der Waals surface area (Å²) in [6, 6.07) is 11.7. The number of thiophene rings is 1. The third kappa shape index (κ3) is 3.22. The highest BCUT2D eigenvalue weighted by Gasteiger charge is 2.17. The summed E-state index contributed by atoms with van der Waals surface area (Å²) in [5.41, 5.74) is 0.153. The van der Waals surface area contributed by atoms with Crippen LogP contribution in [0.2, 0.25) is 0 Å². The quantitative estimate of drug-likeness (QED) is 0.521. The van der Waals surface area contributed by atoms with Gasteiger partial charge in [-0.2, -0.15) is 0 Å². The third-order valence-electron chi connectivity index (χ3n) is 3.56. The van der Waals surface area contributed by atoms with Crippen molar-refractivity contribution in [2.45, 2.75) is 6.54 Å². The number of hydrogen-bond acceptors (Lipinski definition) is 7. The summed E-state index contributed by atoms with van der Waals surface area (Å²) in [7, 11) is 0. The number of nitrogens with zero attached hydrogens (tertiary/aromatic N) is 1. The second-order valence-corrected chi connectivity index (χ2v) is 6.48. The Balaban J connectivity index is 1.38. The highest BCUT2D eigenvalue weighted by atomic mass is 32.1. The number of hydrogen-bond donors (Lipinski definition) is 1. The van der Waals surface area contributed by atoms with Crippen LogP contribution in [0.4, 0.5) is 0 Å². The van der Waals surface area contributed by atoms with Gasteiger partial charge in [-0.05, 0) is 36.4 Å². The average Bonchev–Trinajstić information content (AvgIpc) is 3.44. The number of amides is 1. The largest absolute Gasteiger partial charge is 0.461 e. The molecule has 0 unspecified atom stereocenters. The Kier molecular flexibility index (Phi) is 4.24. The Morgan fingerprint density at radius 2 is 1.88 bits per heavy atom. The van der Waals surface area contributed by atoms with Crippen LogP contribution in [-0.2, 0) is 6.54 Å². The van der Waals surface area contributed by atoms with E-state index >= 15 is 0 Å². The van der Waals surface area contributed by atoms with E-state index in [0.29, 0.717) is 16.4 Å². The normalized spacial score (nSPS) is 10.8. The van der Waals surface area contributed by atoms with Gasteiger partial charge in [-0.15, -0.1) is 11.3 Å². The molecular weight excluding hydrogens is 356 g/mol. The van der Waals surface area contributed by atoms with Gasteiger partial charge in [0.2, 0.25) is 11.5 Å². The Morgan fingerprint density at radius 3 is 2.65 bits per heavy atom. The first-order valence-electron chi connectivity index (χ1n) is 7.66. The first kappa shape index (κ1) is 16.1. The molecule has 4 rings (SSSR count). The van der Waals surface area contributed by atoms with Crippen molar-refractivity contribution in [1.82, 2.24) is 10.5 Å². The standard InChI is InChI=1S/C18H12N2O5S/c21-17(14-4-2-8-24-14)16-6-5-11(26-16)10-19-18(22)12-9-15(25-20-12)13-3-1-7-23-13/h1-9H,10H2,(H,19,22). The zero-order valence-electron chi connectivity index (χ0n) is 13.3. The molecule has 0 spiro atoms. The van der Waals surface area contributed by atoms with Gasteiger partial charge in [0.1, 0.15) is 0 Å². The number of rotatable bonds is 6. The van der Waals surface area contributed by atoms with Crippen molar-refractivity contribution in [2.24, 2.45) is 0 Å². The van der Waals surface area contributed by atoms with Crippen molar-refractivity contribution in [3.05, 3.63) is 76.2 Å². The van der Waals surface area contributed by atoms with E-state index in [-0.39, 0.29) is 29.7 Å². The molecule has 0 aliphatic heterocycles. The van der Waals surface area contributed by atoms with Crippen LogP contribution in [0.5, 0.6) is 0 Å². The molecule has 0 aliphatic rings. The van der Waals surface area contributed by atoms with Crippen LogP contribution in [0.15, 0.2) is 68.3 Å². The maximum Gasteiger partial charge on any atom is 0.273 e. The fourth-order valence-corrected chi connectivity index (χ4v) is 3.19. The summed E-state index contributed by atoms with van der Waals surface area (Å²) in [5, 5.41) is 6.49. The van der Waals surface area contributed by atoms with E-state index in [1.807, 2.05) is 0 Å². The number of furan rings is 2. The van der Waals surface area contributed by atoms with Crippen molar-refractivity contribution in [3.8, 4) is 11.5 Å². The molecule has 0 bridgehead atoms. The second-order valence-electron chi connectivity index (χ2n) is 5.31. The topological polar surface area (TPSA) is 98.5 Å². The van der Waals surface area contributed by atoms with Crippen molar-refractivity contribution in [2.75, 3.05) is 0 Å². The molecule has 4 aromatic heterocycles. The van der Waals surface area contributed by atoms with Gasteiger partial charge >= 0.3 is 0 Å². The summed E-state index contributed by atoms with van der Waals surface area (Å²) in [6.07, 6.45) is 2.97. The Labute approximate surface area is 151 Å². The van der Waals surface area contributed by atoms with E-state index in [2.05, 4.69) is 10.5 Å². The van der Waals surface area contributed by atoms with Gasteiger partial charge in [-0.25, -0.2) is 0 Å². The summed E-state index contributed by atoms with van der Waals surface area (Å²) < 4.78 is 15.4. The highest BCUT2D eigenvalue weighted by Crippen LogP contribution is 2.22. The maximum atomic E-state index is 12.2. The van der Waals surface area contributed by atoms with Gasteiger partial charge in [-0.1, -0.05) is 5.16 Å². The lowest BCUT2D eigenvalue weighted by Crippen LogP contribution is -2.22. The Morgan fingerprint density at radius 1 is 1.04 bits per heavy atom. The first-order chi connectivity index (χ1) is 12.7. The minimum atomic E-state index is -0.376. The van der Waals surface area contributed by atoms with Crippen LogP contribution >= 0.6 is 11.3 Å². The molecule has 1 amide bonds. The van der Waals surface area contributed by atoms with Gasteiger partial charge in [0.25, 0.3) is 5.91 Å². The molecule has 7 nitrogen and oxygen atoms in total. The lowest BCUT2D eigenvalue weighted by molar-refractivity contribution is 0.0941. The minimum Gasteiger partial charge on any atom is -0.461 e. The smallest absolute Gasteiger partial charge is 0.273 e. The Bertz CT molecular complexity index is 1030. The van der Waals surface area contributed by atoms with Crippen molar-refractivity contribution in [1.29, 1.82) is 0 Å². The zero-order valence-corrected chi connectivity index (χ0v) is 14.1. The van der Waals surface area contributed by atoms with Crippen LogP contribution < -0.4 is 5.32 Å². The van der Waals surface area contributed by atoms with Gasteiger partial charge in [-0.3, -0.25) is 9.59 Å². The molecule has 0 aromatic carbocycles. The van der Waals surface area contributed by atoms with Crippen LogP contribution in [0.25, 0.3) is 11.5 Å².